The summed E-state index contributed by atoms with van der Waals surface area (Å²) in [5.41, 5.74) is 4.27. The van der Waals surface area contributed by atoms with Crippen molar-refractivity contribution in [2.45, 2.75) is 77.2 Å². The quantitative estimate of drug-likeness (QED) is 0.199. The molecule has 2 saturated carbocycles. The van der Waals surface area contributed by atoms with Gasteiger partial charge in [-0.3, -0.25) is 0 Å². The molecule has 7 rings (SSSR count). The van der Waals surface area contributed by atoms with Crippen LogP contribution < -0.4 is 9.64 Å². The monoisotopic (exact) mass is 605 g/mol. The van der Waals surface area contributed by atoms with Gasteiger partial charge < -0.3 is 18.9 Å². The maximum absolute atomic E-state index is 6.70. The Kier molecular flexibility index (Phi) is 7.99. The molecule has 1 saturated heterocycles. The van der Waals surface area contributed by atoms with E-state index in [1.807, 2.05) is 42.5 Å². The summed E-state index contributed by atoms with van der Waals surface area (Å²) in [4.78, 5) is 17.3. The van der Waals surface area contributed by atoms with Crippen LogP contribution in [0.15, 0.2) is 48.7 Å². The fourth-order valence-electron chi connectivity index (χ4n) is 7.08. The number of hydrogen-bond donors (Lipinski definition) is 0. The van der Waals surface area contributed by atoms with Gasteiger partial charge in [0.05, 0.1) is 40.4 Å². The number of nitrogens with zero attached hydrogens (tertiary/aromatic N) is 5. The number of aromatic nitrogens is 4. The molecule has 42 heavy (non-hydrogen) atoms. The summed E-state index contributed by atoms with van der Waals surface area (Å²) in [7, 11) is 0. The fourth-order valence-corrected chi connectivity index (χ4v) is 7.42. The SMILES string of the molecule is CC1CCC(Cn2c(N3CCO[C@@H]4CCC[C@H]43)nc3cc(Cl)nc(-c4cc(Cl)cnc4OCc4ccccc4)c32)CC1. The van der Waals surface area contributed by atoms with E-state index >= 15 is 0 Å². The smallest absolute Gasteiger partial charge is 0.223 e. The summed E-state index contributed by atoms with van der Waals surface area (Å²) < 4.78 is 14.9. The highest BCUT2D eigenvalue weighted by Gasteiger charge is 2.39. The van der Waals surface area contributed by atoms with E-state index in [4.69, 9.17) is 42.6 Å². The Labute approximate surface area is 257 Å². The molecule has 3 fully saturated rings. The molecular formula is C33H37Cl2N5O2. The maximum Gasteiger partial charge on any atom is 0.223 e. The predicted octanol–water partition coefficient (Wildman–Crippen LogP) is 7.96. The van der Waals surface area contributed by atoms with Gasteiger partial charge in [-0.1, -0.05) is 73.3 Å². The molecule has 220 valence electrons. The first-order valence-electron chi connectivity index (χ1n) is 15.3. The van der Waals surface area contributed by atoms with Gasteiger partial charge in [0.2, 0.25) is 11.8 Å². The molecule has 2 aliphatic carbocycles. The summed E-state index contributed by atoms with van der Waals surface area (Å²) in [6, 6.07) is 14.2. The molecule has 0 unspecified atom stereocenters. The van der Waals surface area contributed by atoms with E-state index in [-0.39, 0.29) is 6.10 Å². The van der Waals surface area contributed by atoms with Gasteiger partial charge in [0.15, 0.2) is 0 Å². The molecule has 0 spiro atoms. The zero-order valence-corrected chi connectivity index (χ0v) is 25.5. The lowest BCUT2D eigenvalue weighted by Crippen LogP contribution is -2.49. The molecule has 9 heteroatoms. The minimum Gasteiger partial charge on any atom is -0.472 e. The van der Waals surface area contributed by atoms with Crippen LogP contribution >= 0.6 is 23.2 Å². The van der Waals surface area contributed by atoms with Crippen molar-refractivity contribution >= 4 is 40.2 Å². The molecular weight excluding hydrogens is 569 g/mol. The van der Waals surface area contributed by atoms with E-state index in [0.29, 0.717) is 46.9 Å². The van der Waals surface area contributed by atoms with Crippen molar-refractivity contribution in [1.29, 1.82) is 0 Å². The van der Waals surface area contributed by atoms with Crippen molar-refractivity contribution in [3.63, 3.8) is 0 Å². The number of fused-ring (bicyclic) bond motifs is 2. The molecule has 1 aromatic carbocycles. The van der Waals surface area contributed by atoms with Crippen molar-refractivity contribution < 1.29 is 9.47 Å². The number of imidazole rings is 1. The van der Waals surface area contributed by atoms with Gasteiger partial charge in [-0.25, -0.2) is 15.0 Å². The van der Waals surface area contributed by atoms with E-state index in [0.717, 1.165) is 60.0 Å². The van der Waals surface area contributed by atoms with Crippen molar-refractivity contribution in [2.24, 2.45) is 11.8 Å². The summed E-state index contributed by atoms with van der Waals surface area (Å²) in [5.74, 6) is 2.84. The Morgan fingerprint density at radius 3 is 2.67 bits per heavy atom. The van der Waals surface area contributed by atoms with Crippen molar-refractivity contribution in [1.82, 2.24) is 19.5 Å². The summed E-state index contributed by atoms with van der Waals surface area (Å²) in [6.07, 6.45) is 10.3. The second kappa shape index (κ2) is 12.0. The molecule has 0 bridgehead atoms. The third kappa shape index (κ3) is 5.59. The van der Waals surface area contributed by atoms with Gasteiger partial charge >= 0.3 is 0 Å². The van der Waals surface area contributed by atoms with Crippen molar-refractivity contribution in [2.75, 3.05) is 18.1 Å². The first-order chi connectivity index (χ1) is 20.5. The highest BCUT2D eigenvalue weighted by Crippen LogP contribution is 2.41. The Bertz CT molecular complexity index is 1550. The summed E-state index contributed by atoms with van der Waals surface area (Å²) in [6.45, 7) is 5.18. The lowest BCUT2D eigenvalue weighted by Gasteiger charge is -2.39. The van der Waals surface area contributed by atoms with E-state index in [2.05, 4.69) is 21.4 Å². The molecule has 0 N–H and O–H groups in total. The average Bonchev–Trinajstić information content (AvgIpc) is 3.63. The number of halogens is 2. The number of hydrogen-bond acceptors (Lipinski definition) is 6. The number of benzene rings is 1. The lowest BCUT2D eigenvalue weighted by atomic mass is 9.83. The highest BCUT2D eigenvalue weighted by atomic mass is 35.5. The Balaban J connectivity index is 1.36. The van der Waals surface area contributed by atoms with Crippen LogP contribution in [0.2, 0.25) is 10.2 Å². The van der Waals surface area contributed by atoms with Crippen LogP contribution in [-0.4, -0.2) is 44.8 Å². The molecule has 7 nitrogen and oxygen atoms in total. The van der Waals surface area contributed by atoms with Gasteiger partial charge in [0.1, 0.15) is 17.5 Å². The Morgan fingerprint density at radius 2 is 1.83 bits per heavy atom. The normalized spacial score (nSPS) is 24.2. The number of morpholine rings is 1. The third-order valence-electron chi connectivity index (χ3n) is 9.28. The molecule has 4 heterocycles. The van der Waals surface area contributed by atoms with Crippen LogP contribution in [0.1, 0.15) is 57.4 Å². The highest BCUT2D eigenvalue weighted by molar-refractivity contribution is 6.31. The second-order valence-electron chi connectivity index (χ2n) is 12.2. The first-order valence-corrected chi connectivity index (χ1v) is 16.1. The largest absolute Gasteiger partial charge is 0.472 e. The van der Waals surface area contributed by atoms with E-state index in [9.17, 15) is 0 Å². The lowest BCUT2D eigenvalue weighted by molar-refractivity contribution is 0.0247. The van der Waals surface area contributed by atoms with Crippen LogP contribution in [-0.2, 0) is 17.9 Å². The first kappa shape index (κ1) is 27.9. The number of ether oxygens (including phenoxy) is 2. The minimum atomic E-state index is 0.263. The van der Waals surface area contributed by atoms with E-state index in [1.54, 1.807) is 6.20 Å². The van der Waals surface area contributed by atoms with Crippen LogP contribution in [0.25, 0.3) is 22.3 Å². The molecule has 3 aromatic heterocycles. The topological polar surface area (TPSA) is 65.3 Å². The molecule has 3 aliphatic rings. The summed E-state index contributed by atoms with van der Waals surface area (Å²) in [5, 5.41) is 0.899. The summed E-state index contributed by atoms with van der Waals surface area (Å²) >= 11 is 13.2. The number of pyridine rings is 2. The van der Waals surface area contributed by atoms with Crippen LogP contribution in [0, 0.1) is 11.8 Å². The minimum absolute atomic E-state index is 0.263. The predicted molar refractivity (Wildman–Crippen MR) is 167 cm³/mol. The molecule has 1 aliphatic heterocycles. The van der Waals surface area contributed by atoms with Gasteiger partial charge in [-0.05, 0) is 55.6 Å². The zero-order chi connectivity index (χ0) is 28.6. The van der Waals surface area contributed by atoms with Crippen molar-refractivity contribution in [3.8, 4) is 17.1 Å². The van der Waals surface area contributed by atoms with E-state index < -0.39 is 0 Å². The molecule has 4 aromatic rings. The van der Waals surface area contributed by atoms with Crippen LogP contribution in [0.4, 0.5) is 5.95 Å². The van der Waals surface area contributed by atoms with Gasteiger partial charge in [0, 0.05) is 25.4 Å². The molecule has 0 radical (unpaired) electrons. The molecule has 2 atom stereocenters. The van der Waals surface area contributed by atoms with Gasteiger partial charge in [0.25, 0.3) is 0 Å². The number of rotatable bonds is 7. The Morgan fingerprint density at radius 1 is 1.00 bits per heavy atom. The standard InChI is InChI=1S/C33H37Cl2N5O2/c1-21-10-12-22(13-11-21)19-40-31-26(37-33(40)39-14-15-41-28-9-5-8-27(28)39)17-29(35)38-30(31)25-16-24(34)18-36-32(25)42-20-23-6-3-2-4-7-23/h2-4,6-7,16-18,21-22,27-28H,5,8-15,19-20H2,1H3/t21?,22?,27-,28-/m1/s1. The second-order valence-corrected chi connectivity index (χ2v) is 13.0. The zero-order valence-electron chi connectivity index (χ0n) is 24.0. The maximum atomic E-state index is 6.70. The van der Waals surface area contributed by atoms with Crippen LogP contribution in [0.3, 0.4) is 0 Å². The van der Waals surface area contributed by atoms with E-state index in [1.165, 1.54) is 32.1 Å². The fraction of sp³-hybridized carbons (Fsp3) is 0.485. The molecule has 0 amide bonds. The van der Waals surface area contributed by atoms with Gasteiger partial charge in [-0.2, -0.15) is 0 Å². The average molecular weight is 607 g/mol. The van der Waals surface area contributed by atoms with Gasteiger partial charge in [-0.15, -0.1) is 0 Å². The Hall–Kier alpha value is -2.87. The number of anilines is 1. The third-order valence-corrected chi connectivity index (χ3v) is 9.68. The van der Waals surface area contributed by atoms with Crippen LogP contribution in [0.5, 0.6) is 5.88 Å². The van der Waals surface area contributed by atoms with Crippen molar-refractivity contribution in [3.05, 3.63) is 64.4 Å².